The SMILES string of the molecule is O=C(CO)C1CC(CO)CN1. The molecule has 1 heterocycles. The van der Waals surface area contributed by atoms with Crippen LogP contribution < -0.4 is 5.32 Å². The second kappa shape index (κ2) is 3.80. The Hall–Kier alpha value is -0.450. The highest BCUT2D eigenvalue weighted by molar-refractivity contribution is 5.85. The molecule has 1 aliphatic rings. The predicted octanol–water partition coefficient (Wildman–Crippen LogP) is -1.48. The fourth-order valence-electron chi connectivity index (χ4n) is 1.30. The smallest absolute Gasteiger partial charge is 0.174 e. The highest BCUT2D eigenvalue weighted by Gasteiger charge is 2.27. The van der Waals surface area contributed by atoms with Crippen molar-refractivity contribution in [1.29, 1.82) is 0 Å². The highest BCUT2D eigenvalue weighted by Crippen LogP contribution is 2.13. The average molecular weight is 159 g/mol. The van der Waals surface area contributed by atoms with E-state index in [1.807, 2.05) is 0 Å². The first-order chi connectivity index (χ1) is 5.27. The molecule has 0 radical (unpaired) electrons. The molecular weight excluding hydrogens is 146 g/mol. The summed E-state index contributed by atoms with van der Waals surface area (Å²) in [6.45, 7) is 0.380. The molecule has 0 bridgehead atoms. The number of Topliss-reactive ketones (excluding diaryl/α,β-unsaturated/α-hetero) is 1. The molecule has 64 valence electrons. The number of nitrogens with one attached hydrogen (secondary N) is 1. The Kier molecular flexibility index (Phi) is 2.99. The highest BCUT2D eigenvalue weighted by atomic mass is 16.3. The van der Waals surface area contributed by atoms with E-state index in [9.17, 15) is 4.79 Å². The van der Waals surface area contributed by atoms with Gasteiger partial charge < -0.3 is 15.5 Å². The third-order valence-electron chi connectivity index (χ3n) is 2.02. The second-order valence-corrected chi connectivity index (χ2v) is 2.87. The first kappa shape index (κ1) is 8.64. The summed E-state index contributed by atoms with van der Waals surface area (Å²) < 4.78 is 0. The maximum Gasteiger partial charge on any atom is 0.174 e. The van der Waals surface area contributed by atoms with E-state index in [2.05, 4.69) is 5.32 Å². The molecule has 0 aromatic rings. The topological polar surface area (TPSA) is 69.6 Å². The zero-order valence-corrected chi connectivity index (χ0v) is 6.29. The van der Waals surface area contributed by atoms with Crippen LogP contribution in [-0.2, 0) is 4.79 Å². The zero-order chi connectivity index (χ0) is 8.27. The lowest BCUT2D eigenvalue weighted by molar-refractivity contribution is -0.123. The van der Waals surface area contributed by atoms with Crippen LogP contribution in [0, 0.1) is 5.92 Å². The van der Waals surface area contributed by atoms with Gasteiger partial charge >= 0.3 is 0 Å². The minimum Gasteiger partial charge on any atom is -0.396 e. The summed E-state index contributed by atoms with van der Waals surface area (Å²) in [4.78, 5) is 10.9. The van der Waals surface area contributed by atoms with Crippen LogP contribution in [0.5, 0.6) is 0 Å². The van der Waals surface area contributed by atoms with Gasteiger partial charge in [0.25, 0.3) is 0 Å². The van der Waals surface area contributed by atoms with E-state index >= 15 is 0 Å². The Morgan fingerprint density at radius 2 is 2.27 bits per heavy atom. The van der Waals surface area contributed by atoms with Crippen molar-refractivity contribution < 1.29 is 15.0 Å². The van der Waals surface area contributed by atoms with Crippen LogP contribution in [0.15, 0.2) is 0 Å². The lowest BCUT2D eigenvalue weighted by Gasteiger charge is -2.05. The molecule has 3 N–H and O–H groups in total. The second-order valence-electron chi connectivity index (χ2n) is 2.87. The Morgan fingerprint density at radius 1 is 1.55 bits per heavy atom. The number of aliphatic hydroxyl groups excluding tert-OH is 2. The Morgan fingerprint density at radius 3 is 2.73 bits per heavy atom. The van der Waals surface area contributed by atoms with Crippen LogP contribution >= 0.6 is 0 Å². The van der Waals surface area contributed by atoms with Gasteiger partial charge in [0.15, 0.2) is 5.78 Å². The van der Waals surface area contributed by atoms with Crippen LogP contribution in [0.25, 0.3) is 0 Å². The maximum absolute atomic E-state index is 10.9. The number of hydrogen-bond acceptors (Lipinski definition) is 4. The van der Waals surface area contributed by atoms with Gasteiger partial charge in [0.05, 0.1) is 6.04 Å². The molecular formula is C7H13NO3. The van der Waals surface area contributed by atoms with Crippen LogP contribution in [-0.4, -0.2) is 41.8 Å². The first-order valence-corrected chi connectivity index (χ1v) is 3.75. The normalized spacial score (nSPS) is 30.7. The van der Waals surface area contributed by atoms with E-state index in [0.717, 1.165) is 0 Å². The van der Waals surface area contributed by atoms with E-state index in [-0.39, 0.29) is 24.3 Å². The number of ketones is 1. The predicted molar refractivity (Wildman–Crippen MR) is 39.1 cm³/mol. The number of aliphatic hydroxyl groups is 2. The first-order valence-electron chi connectivity index (χ1n) is 3.75. The molecule has 0 spiro atoms. The van der Waals surface area contributed by atoms with E-state index in [1.165, 1.54) is 0 Å². The summed E-state index contributed by atoms with van der Waals surface area (Å²) in [6, 6.07) is -0.239. The van der Waals surface area contributed by atoms with Crippen molar-refractivity contribution in [1.82, 2.24) is 5.32 Å². The molecule has 0 aliphatic carbocycles. The molecule has 4 heteroatoms. The fourth-order valence-corrected chi connectivity index (χ4v) is 1.30. The average Bonchev–Trinajstić information content (AvgIpc) is 2.50. The van der Waals surface area contributed by atoms with Crippen LogP contribution in [0.2, 0.25) is 0 Å². The van der Waals surface area contributed by atoms with Gasteiger partial charge in [0, 0.05) is 13.2 Å². The molecule has 2 unspecified atom stereocenters. The van der Waals surface area contributed by atoms with Crippen LogP contribution in [0.1, 0.15) is 6.42 Å². The van der Waals surface area contributed by atoms with Gasteiger partial charge in [-0.2, -0.15) is 0 Å². The summed E-state index contributed by atoms with van der Waals surface area (Å²) >= 11 is 0. The zero-order valence-electron chi connectivity index (χ0n) is 6.29. The molecule has 2 atom stereocenters. The summed E-state index contributed by atoms with van der Waals surface area (Å²) in [7, 11) is 0. The van der Waals surface area contributed by atoms with E-state index < -0.39 is 6.61 Å². The minimum absolute atomic E-state index is 0.113. The summed E-state index contributed by atoms with van der Waals surface area (Å²) in [5, 5.41) is 20.2. The number of carbonyl (C=O) groups excluding carboxylic acids is 1. The van der Waals surface area contributed by atoms with Crippen molar-refractivity contribution >= 4 is 5.78 Å². The van der Waals surface area contributed by atoms with Crippen molar-refractivity contribution in [2.45, 2.75) is 12.5 Å². The van der Waals surface area contributed by atoms with Gasteiger partial charge in [-0.3, -0.25) is 4.79 Å². The minimum atomic E-state index is -0.407. The van der Waals surface area contributed by atoms with Gasteiger partial charge in [-0.15, -0.1) is 0 Å². The van der Waals surface area contributed by atoms with Gasteiger partial charge in [0.1, 0.15) is 6.61 Å². The standard InChI is InChI=1S/C7H13NO3/c9-3-5-1-6(8-2-5)7(11)4-10/h5-6,8-10H,1-4H2. The molecule has 0 aromatic carbocycles. The van der Waals surface area contributed by atoms with Crippen molar-refractivity contribution in [3.8, 4) is 0 Å². The molecule has 1 rings (SSSR count). The monoisotopic (exact) mass is 159 g/mol. The van der Waals surface area contributed by atoms with E-state index in [0.29, 0.717) is 13.0 Å². The molecule has 0 aromatic heterocycles. The fraction of sp³-hybridized carbons (Fsp3) is 0.857. The third-order valence-corrected chi connectivity index (χ3v) is 2.02. The molecule has 0 saturated carbocycles. The van der Waals surface area contributed by atoms with Crippen LogP contribution in [0.3, 0.4) is 0 Å². The summed E-state index contributed by atoms with van der Waals surface area (Å²) in [5.74, 6) is -0.00329. The molecule has 4 nitrogen and oxygen atoms in total. The lowest BCUT2D eigenvalue weighted by atomic mass is 10.0. The molecule has 1 aliphatic heterocycles. The van der Waals surface area contributed by atoms with Crippen molar-refractivity contribution in [3.05, 3.63) is 0 Å². The van der Waals surface area contributed by atoms with Gasteiger partial charge in [0.2, 0.25) is 0 Å². The van der Waals surface area contributed by atoms with Crippen molar-refractivity contribution in [3.63, 3.8) is 0 Å². The summed E-state index contributed by atoms with van der Waals surface area (Å²) in [5.41, 5.74) is 0. The Bertz CT molecular complexity index is 149. The number of hydrogen-bond donors (Lipinski definition) is 3. The quantitative estimate of drug-likeness (QED) is 0.469. The van der Waals surface area contributed by atoms with E-state index in [1.54, 1.807) is 0 Å². The number of rotatable bonds is 3. The third kappa shape index (κ3) is 1.99. The molecule has 1 saturated heterocycles. The van der Waals surface area contributed by atoms with Gasteiger partial charge in [-0.1, -0.05) is 0 Å². The summed E-state index contributed by atoms with van der Waals surface area (Å²) in [6.07, 6.45) is 0.649. The van der Waals surface area contributed by atoms with Crippen molar-refractivity contribution in [2.24, 2.45) is 5.92 Å². The Balaban J connectivity index is 2.35. The van der Waals surface area contributed by atoms with Gasteiger partial charge in [-0.05, 0) is 12.3 Å². The molecule has 0 amide bonds. The van der Waals surface area contributed by atoms with E-state index in [4.69, 9.17) is 10.2 Å². The maximum atomic E-state index is 10.9. The van der Waals surface area contributed by atoms with Crippen molar-refractivity contribution in [2.75, 3.05) is 19.8 Å². The van der Waals surface area contributed by atoms with Crippen LogP contribution in [0.4, 0.5) is 0 Å². The number of carbonyl (C=O) groups is 1. The lowest BCUT2D eigenvalue weighted by Crippen LogP contribution is -2.32. The molecule has 1 fully saturated rings. The largest absolute Gasteiger partial charge is 0.396 e. The molecule has 11 heavy (non-hydrogen) atoms. The van der Waals surface area contributed by atoms with Gasteiger partial charge in [-0.25, -0.2) is 0 Å². The Labute approximate surface area is 65.2 Å².